The Labute approximate surface area is 132 Å². The summed E-state index contributed by atoms with van der Waals surface area (Å²) in [6, 6.07) is 7.77. The van der Waals surface area contributed by atoms with E-state index in [0.29, 0.717) is 25.9 Å². The van der Waals surface area contributed by atoms with E-state index in [0.717, 1.165) is 30.7 Å². The van der Waals surface area contributed by atoms with Crippen molar-refractivity contribution in [1.29, 1.82) is 0 Å². The molecular weight excluding hydrogens is 280 g/mol. The Balaban J connectivity index is 1.85. The number of benzene rings is 1. The second kappa shape index (κ2) is 8.76. The first-order chi connectivity index (χ1) is 10.7. The zero-order valence-electron chi connectivity index (χ0n) is 13.4. The largest absolute Gasteiger partial charge is 0.491 e. The summed E-state index contributed by atoms with van der Waals surface area (Å²) in [5, 5.41) is 6.30. The van der Waals surface area contributed by atoms with Gasteiger partial charge in [0.1, 0.15) is 12.4 Å². The standard InChI is InChI=1S/C17H26N2O3/c1-3-21-10-11-22-15-8-5-7-14(12-15)19-17(20)16-9-4-6-13(2)18-16/h5,7-8,12-13,16,18H,3-4,6,9-11H2,1-2H3,(H,19,20). The predicted molar refractivity (Wildman–Crippen MR) is 87.3 cm³/mol. The number of carbonyl (C=O) groups excluding carboxylic acids is 1. The van der Waals surface area contributed by atoms with E-state index in [4.69, 9.17) is 9.47 Å². The number of hydrogen-bond donors (Lipinski definition) is 2. The van der Waals surface area contributed by atoms with Crippen molar-refractivity contribution >= 4 is 11.6 Å². The highest BCUT2D eigenvalue weighted by molar-refractivity contribution is 5.95. The van der Waals surface area contributed by atoms with Gasteiger partial charge in [-0.25, -0.2) is 0 Å². The van der Waals surface area contributed by atoms with Gasteiger partial charge < -0.3 is 20.1 Å². The van der Waals surface area contributed by atoms with E-state index in [2.05, 4.69) is 17.6 Å². The Bertz CT molecular complexity index is 479. The molecule has 2 rings (SSSR count). The SMILES string of the molecule is CCOCCOc1cccc(NC(=O)C2CCCC(C)N2)c1. The Morgan fingerprint density at radius 2 is 2.23 bits per heavy atom. The molecule has 5 heteroatoms. The zero-order chi connectivity index (χ0) is 15.8. The number of anilines is 1. The van der Waals surface area contributed by atoms with Gasteiger partial charge >= 0.3 is 0 Å². The molecule has 2 N–H and O–H groups in total. The van der Waals surface area contributed by atoms with Gasteiger partial charge in [-0.05, 0) is 45.2 Å². The Hall–Kier alpha value is -1.59. The lowest BCUT2D eigenvalue weighted by Gasteiger charge is -2.27. The molecule has 122 valence electrons. The lowest BCUT2D eigenvalue weighted by Crippen LogP contribution is -2.47. The summed E-state index contributed by atoms with van der Waals surface area (Å²) in [5.41, 5.74) is 0.763. The summed E-state index contributed by atoms with van der Waals surface area (Å²) in [6.07, 6.45) is 3.11. The molecule has 22 heavy (non-hydrogen) atoms. The third-order valence-electron chi connectivity index (χ3n) is 3.73. The molecule has 0 bridgehead atoms. The molecule has 2 atom stereocenters. The van der Waals surface area contributed by atoms with Crippen molar-refractivity contribution in [3.05, 3.63) is 24.3 Å². The van der Waals surface area contributed by atoms with Crippen molar-refractivity contribution in [2.45, 2.75) is 45.2 Å². The van der Waals surface area contributed by atoms with Crippen LogP contribution in [0.4, 0.5) is 5.69 Å². The summed E-state index contributed by atoms with van der Waals surface area (Å²) >= 11 is 0. The van der Waals surface area contributed by atoms with E-state index in [9.17, 15) is 4.79 Å². The van der Waals surface area contributed by atoms with Gasteiger partial charge in [0, 0.05) is 24.4 Å². The number of amides is 1. The first kappa shape index (κ1) is 16.8. The van der Waals surface area contributed by atoms with Crippen LogP contribution in [0.25, 0.3) is 0 Å². The van der Waals surface area contributed by atoms with E-state index in [1.807, 2.05) is 31.2 Å². The first-order valence-corrected chi connectivity index (χ1v) is 8.06. The third kappa shape index (κ3) is 5.31. The summed E-state index contributed by atoms with van der Waals surface area (Å²) in [6.45, 7) is 5.83. The molecule has 1 aromatic rings. The molecular formula is C17H26N2O3. The molecule has 1 aliphatic rings. The first-order valence-electron chi connectivity index (χ1n) is 8.06. The van der Waals surface area contributed by atoms with E-state index in [-0.39, 0.29) is 11.9 Å². The Morgan fingerprint density at radius 3 is 3.00 bits per heavy atom. The van der Waals surface area contributed by atoms with Crippen LogP contribution in [0.3, 0.4) is 0 Å². The van der Waals surface area contributed by atoms with Crippen molar-refractivity contribution in [2.24, 2.45) is 0 Å². The second-order valence-electron chi connectivity index (χ2n) is 5.61. The minimum Gasteiger partial charge on any atom is -0.491 e. The number of rotatable bonds is 7. The Morgan fingerprint density at radius 1 is 1.36 bits per heavy atom. The van der Waals surface area contributed by atoms with Crippen molar-refractivity contribution in [2.75, 3.05) is 25.1 Å². The average Bonchev–Trinajstić information content (AvgIpc) is 2.52. The van der Waals surface area contributed by atoms with Crippen LogP contribution >= 0.6 is 0 Å². The monoisotopic (exact) mass is 306 g/mol. The number of hydrogen-bond acceptors (Lipinski definition) is 4. The molecule has 1 heterocycles. The summed E-state index contributed by atoms with van der Waals surface area (Å²) < 4.78 is 10.8. The fourth-order valence-electron chi connectivity index (χ4n) is 2.60. The number of ether oxygens (including phenoxy) is 2. The number of nitrogens with one attached hydrogen (secondary N) is 2. The van der Waals surface area contributed by atoms with Gasteiger partial charge in [-0.3, -0.25) is 4.79 Å². The van der Waals surface area contributed by atoms with Gasteiger partial charge in [0.05, 0.1) is 12.6 Å². The van der Waals surface area contributed by atoms with E-state index in [1.165, 1.54) is 0 Å². The zero-order valence-corrected chi connectivity index (χ0v) is 13.4. The van der Waals surface area contributed by atoms with Gasteiger partial charge in [-0.15, -0.1) is 0 Å². The highest BCUT2D eigenvalue weighted by Crippen LogP contribution is 2.19. The van der Waals surface area contributed by atoms with Crippen LogP contribution in [-0.2, 0) is 9.53 Å². The molecule has 0 aliphatic carbocycles. The fraction of sp³-hybridized carbons (Fsp3) is 0.588. The molecule has 0 spiro atoms. The van der Waals surface area contributed by atoms with Crippen LogP contribution in [0.2, 0.25) is 0 Å². The van der Waals surface area contributed by atoms with Crippen molar-refractivity contribution < 1.29 is 14.3 Å². The van der Waals surface area contributed by atoms with Crippen LogP contribution < -0.4 is 15.4 Å². The molecule has 0 aromatic heterocycles. The van der Waals surface area contributed by atoms with Crippen LogP contribution in [-0.4, -0.2) is 37.8 Å². The molecule has 5 nitrogen and oxygen atoms in total. The molecule has 1 amide bonds. The predicted octanol–water partition coefficient (Wildman–Crippen LogP) is 2.57. The maximum absolute atomic E-state index is 12.3. The molecule has 0 saturated carbocycles. The quantitative estimate of drug-likeness (QED) is 0.760. The molecule has 1 aromatic carbocycles. The fourth-order valence-corrected chi connectivity index (χ4v) is 2.60. The normalized spacial score (nSPS) is 21.4. The molecule has 1 aliphatic heterocycles. The average molecular weight is 306 g/mol. The maximum atomic E-state index is 12.3. The van der Waals surface area contributed by atoms with Crippen molar-refractivity contribution in [3.8, 4) is 5.75 Å². The third-order valence-corrected chi connectivity index (χ3v) is 3.73. The van der Waals surface area contributed by atoms with Crippen LogP contribution in [0.5, 0.6) is 5.75 Å². The lowest BCUT2D eigenvalue weighted by molar-refractivity contribution is -0.118. The summed E-state index contributed by atoms with van der Waals surface area (Å²) in [5.74, 6) is 0.764. The van der Waals surface area contributed by atoms with Gasteiger partial charge in [0.15, 0.2) is 0 Å². The van der Waals surface area contributed by atoms with Crippen LogP contribution in [0.15, 0.2) is 24.3 Å². The lowest BCUT2D eigenvalue weighted by atomic mass is 9.99. The van der Waals surface area contributed by atoms with Gasteiger partial charge in [-0.1, -0.05) is 6.07 Å². The Kier molecular flexibility index (Phi) is 6.68. The molecule has 0 radical (unpaired) electrons. The minimum atomic E-state index is -0.105. The van der Waals surface area contributed by atoms with Crippen molar-refractivity contribution in [3.63, 3.8) is 0 Å². The number of piperidine rings is 1. The molecule has 1 fully saturated rings. The van der Waals surface area contributed by atoms with Gasteiger partial charge in [-0.2, -0.15) is 0 Å². The number of carbonyl (C=O) groups is 1. The smallest absolute Gasteiger partial charge is 0.241 e. The van der Waals surface area contributed by atoms with E-state index in [1.54, 1.807) is 0 Å². The maximum Gasteiger partial charge on any atom is 0.241 e. The molecule has 1 saturated heterocycles. The van der Waals surface area contributed by atoms with Gasteiger partial charge in [0.2, 0.25) is 5.91 Å². The summed E-state index contributed by atoms with van der Waals surface area (Å²) in [4.78, 5) is 12.3. The van der Waals surface area contributed by atoms with Crippen LogP contribution in [0.1, 0.15) is 33.1 Å². The topological polar surface area (TPSA) is 59.6 Å². The summed E-state index contributed by atoms with van der Waals surface area (Å²) in [7, 11) is 0. The second-order valence-corrected chi connectivity index (χ2v) is 5.61. The molecule has 2 unspecified atom stereocenters. The van der Waals surface area contributed by atoms with Crippen molar-refractivity contribution in [1.82, 2.24) is 5.32 Å². The van der Waals surface area contributed by atoms with E-state index < -0.39 is 0 Å². The van der Waals surface area contributed by atoms with Crippen LogP contribution in [0, 0.1) is 0 Å². The highest BCUT2D eigenvalue weighted by Gasteiger charge is 2.24. The van der Waals surface area contributed by atoms with Gasteiger partial charge in [0.25, 0.3) is 0 Å². The highest BCUT2D eigenvalue weighted by atomic mass is 16.5. The minimum absolute atomic E-state index is 0.0259. The van der Waals surface area contributed by atoms with E-state index >= 15 is 0 Å².